The number of anilines is 1. The Kier molecular flexibility index (Phi) is 7.77. The summed E-state index contributed by atoms with van der Waals surface area (Å²) in [6, 6.07) is 2.39. The summed E-state index contributed by atoms with van der Waals surface area (Å²) in [4.78, 5) is 15.9. The molecule has 1 aliphatic carbocycles. The predicted molar refractivity (Wildman–Crippen MR) is 105 cm³/mol. The quantitative estimate of drug-likeness (QED) is 0.699. The first-order valence-electron chi connectivity index (χ1n) is 10.4. The van der Waals surface area contributed by atoms with Gasteiger partial charge in [-0.25, -0.2) is 13.2 Å². The van der Waals surface area contributed by atoms with E-state index in [1.54, 1.807) is 0 Å². The van der Waals surface area contributed by atoms with Crippen LogP contribution in [-0.2, 0) is 9.53 Å². The van der Waals surface area contributed by atoms with Gasteiger partial charge in [0.15, 0.2) is 17.5 Å². The first kappa shape index (κ1) is 21.9. The fraction of sp³-hybridized carbons (Fsp3) is 0.667. The number of nitrogens with zero attached hydrogens (tertiary/aromatic N) is 2. The van der Waals surface area contributed by atoms with Gasteiger partial charge in [0.05, 0.1) is 0 Å². The molecule has 0 atom stereocenters. The number of amides is 1. The maximum Gasteiger partial charge on any atom is 0.246 e. The number of ether oxygens (including phenoxy) is 1. The Morgan fingerprint density at radius 1 is 1.07 bits per heavy atom. The third-order valence-corrected chi connectivity index (χ3v) is 6.05. The number of halogens is 3. The molecule has 5 nitrogen and oxygen atoms in total. The Morgan fingerprint density at radius 3 is 2.28 bits per heavy atom. The van der Waals surface area contributed by atoms with Gasteiger partial charge < -0.3 is 15.0 Å². The molecule has 2 fully saturated rings. The molecule has 1 amide bonds. The normalized spacial score (nSPS) is 23.2. The highest BCUT2D eigenvalue weighted by molar-refractivity contribution is 5.77. The summed E-state index contributed by atoms with van der Waals surface area (Å²) in [7, 11) is 1.52. The van der Waals surface area contributed by atoms with Gasteiger partial charge in [-0.3, -0.25) is 9.69 Å². The number of rotatable bonds is 7. The molecule has 1 aromatic carbocycles. The lowest BCUT2D eigenvalue weighted by molar-refractivity contribution is -0.125. The predicted octanol–water partition coefficient (Wildman–Crippen LogP) is 2.94. The number of benzene rings is 1. The number of carbonyl (C=O) groups is 1. The minimum absolute atomic E-state index is 0.0465. The molecule has 0 bridgehead atoms. The highest BCUT2D eigenvalue weighted by atomic mass is 19.2. The molecule has 0 unspecified atom stereocenters. The first-order valence-corrected chi connectivity index (χ1v) is 10.4. The molecule has 0 aromatic heterocycles. The lowest BCUT2D eigenvalue weighted by Gasteiger charge is -2.37. The zero-order valence-electron chi connectivity index (χ0n) is 16.9. The molecule has 0 radical (unpaired) electrons. The lowest BCUT2D eigenvalue weighted by Crippen LogP contribution is -2.47. The van der Waals surface area contributed by atoms with Crippen LogP contribution in [0.15, 0.2) is 12.1 Å². The molecule has 1 aliphatic heterocycles. The maximum absolute atomic E-state index is 13.5. The van der Waals surface area contributed by atoms with Gasteiger partial charge in [0.2, 0.25) is 5.91 Å². The smallest absolute Gasteiger partial charge is 0.246 e. The van der Waals surface area contributed by atoms with Crippen molar-refractivity contribution in [2.45, 2.75) is 38.1 Å². The van der Waals surface area contributed by atoms with Crippen molar-refractivity contribution in [3.05, 3.63) is 29.6 Å². The van der Waals surface area contributed by atoms with Crippen LogP contribution in [0.4, 0.5) is 18.9 Å². The lowest BCUT2D eigenvalue weighted by atomic mass is 9.84. The Labute approximate surface area is 170 Å². The second kappa shape index (κ2) is 10.3. The molecule has 8 heteroatoms. The second-order valence-electron chi connectivity index (χ2n) is 8.06. The Hall–Kier alpha value is -1.80. The van der Waals surface area contributed by atoms with E-state index in [4.69, 9.17) is 4.74 Å². The molecule has 1 saturated carbocycles. The summed E-state index contributed by atoms with van der Waals surface area (Å²) in [6.07, 6.45) is 5.38. The second-order valence-corrected chi connectivity index (χ2v) is 8.06. The SMILES string of the molecule is COCC(=O)N[C@H]1CC[C@H](CCN2CCN(c3cc(F)c(F)c(F)c3)CC2)CC1. The third kappa shape index (κ3) is 6.09. The summed E-state index contributed by atoms with van der Waals surface area (Å²) in [5.74, 6) is -3.08. The zero-order valence-corrected chi connectivity index (χ0v) is 16.9. The van der Waals surface area contributed by atoms with E-state index in [9.17, 15) is 18.0 Å². The molecule has 162 valence electrons. The summed E-state index contributed by atoms with van der Waals surface area (Å²) in [6.45, 7) is 4.10. The molecule has 2 aliphatic rings. The number of carbonyl (C=O) groups excluding carboxylic acids is 1. The van der Waals surface area contributed by atoms with Gasteiger partial charge in [0.25, 0.3) is 0 Å². The molecule has 1 heterocycles. The van der Waals surface area contributed by atoms with E-state index >= 15 is 0 Å². The molecular weight excluding hydrogens is 383 g/mol. The van der Waals surface area contributed by atoms with Crippen LogP contribution in [0.3, 0.4) is 0 Å². The van der Waals surface area contributed by atoms with Crippen LogP contribution >= 0.6 is 0 Å². The van der Waals surface area contributed by atoms with Gasteiger partial charge in [-0.1, -0.05) is 0 Å². The summed E-state index contributed by atoms with van der Waals surface area (Å²) >= 11 is 0. The van der Waals surface area contributed by atoms with E-state index < -0.39 is 17.5 Å². The number of methoxy groups -OCH3 is 1. The van der Waals surface area contributed by atoms with Crippen LogP contribution in [0.2, 0.25) is 0 Å². The molecule has 1 saturated heterocycles. The van der Waals surface area contributed by atoms with Gasteiger partial charge >= 0.3 is 0 Å². The number of nitrogens with one attached hydrogen (secondary N) is 1. The topological polar surface area (TPSA) is 44.8 Å². The van der Waals surface area contributed by atoms with Gasteiger partial charge in [-0.15, -0.1) is 0 Å². The van der Waals surface area contributed by atoms with E-state index in [1.165, 1.54) is 7.11 Å². The first-order chi connectivity index (χ1) is 14.0. The van der Waals surface area contributed by atoms with Crippen molar-refractivity contribution in [1.29, 1.82) is 0 Å². The fourth-order valence-electron chi connectivity index (χ4n) is 4.32. The van der Waals surface area contributed by atoms with Gasteiger partial charge in [0, 0.05) is 57.2 Å². The highest BCUT2D eigenvalue weighted by Crippen LogP contribution is 2.28. The van der Waals surface area contributed by atoms with E-state index in [0.29, 0.717) is 24.7 Å². The number of hydrogen-bond acceptors (Lipinski definition) is 4. The average molecular weight is 413 g/mol. The monoisotopic (exact) mass is 413 g/mol. The maximum atomic E-state index is 13.5. The van der Waals surface area contributed by atoms with Crippen LogP contribution in [0, 0.1) is 23.4 Å². The Morgan fingerprint density at radius 2 is 1.69 bits per heavy atom. The molecule has 1 aromatic rings. The summed E-state index contributed by atoms with van der Waals surface area (Å²) in [5, 5.41) is 3.02. The van der Waals surface area contributed by atoms with Crippen LogP contribution in [0.25, 0.3) is 0 Å². The number of piperazine rings is 1. The average Bonchev–Trinajstić information content (AvgIpc) is 2.72. The van der Waals surface area contributed by atoms with Crippen molar-refractivity contribution in [1.82, 2.24) is 10.2 Å². The summed E-state index contributed by atoms with van der Waals surface area (Å²) in [5.41, 5.74) is 0.398. The van der Waals surface area contributed by atoms with Crippen LogP contribution in [0.5, 0.6) is 0 Å². The van der Waals surface area contributed by atoms with E-state index in [0.717, 1.165) is 63.9 Å². The van der Waals surface area contributed by atoms with Crippen LogP contribution in [0.1, 0.15) is 32.1 Å². The van der Waals surface area contributed by atoms with Gasteiger partial charge in [-0.05, 0) is 44.6 Å². The molecular formula is C21H30F3N3O2. The summed E-state index contributed by atoms with van der Waals surface area (Å²) < 4.78 is 44.9. The Balaban J connectivity index is 1.36. The highest BCUT2D eigenvalue weighted by Gasteiger charge is 2.24. The van der Waals surface area contributed by atoms with Crippen molar-refractivity contribution < 1.29 is 22.7 Å². The van der Waals surface area contributed by atoms with Crippen LogP contribution in [-0.4, -0.2) is 63.3 Å². The minimum Gasteiger partial charge on any atom is -0.375 e. The molecule has 29 heavy (non-hydrogen) atoms. The van der Waals surface area contributed by atoms with E-state index in [1.807, 2.05) is 4.90 Å². The Bertz CT molecular complexity index is 665. The zero-order chi connectivity index (χ0) is 20.8. The number of hydrogen-bond donors (Lipinski definition) is 1. The van der Waals surface area contributed by atoms with Crippen LogP contribution < -0.4 is 10.2 Å². The molecule has 1 N–H and O–H groups in total. The van der Waals surface area contributed by atoms with Crippen molar-refractivity contribution in [2.24, 2.45) is 5.92 Å². The van der Waals surface area contributed by atoms with Gasteiger partial charge in [0.1, 0.15) is 6.61 Å². The third-order valence-electron chi connectivity index (χ3n) is 6.05. The van der Waals surface area contributed by atoms with Crippen molar-refractivity contribution >= 4 is 11.6 Å². The van der Waals surface area contributed by atoms with Crippen molar-refractivity contribution in [2.75, 3.05) is 51.3 Å². The van der Waals surface area contributed by atoms with Crippen molar-refractivity contribution in [3.8, 4) is 0 Å². The van der Waals surface area contributed by atoms with Crippen molar-refractivity contribution in [3.63, 3.8) is 0 Å². The molecule has 0 spiro atoms. The van der Waals surface area contributed by atoms with E-state index in [-0.39, 0.29) is 18.6 Å². The van der Waals surface area contributed by atoms with E-state index in [2.05, 4.69) is 10.2 Å². The minimum atomic E-state index is -1.42. The van der Waals surface area contributed by atoms with Gasteiger partial charge in [-0.2, -0.15) is 0 Å². The molecule has 3 rings (SSSR count). The fourth-order valence-corrected chi connectivity index (χ4v) is 4.32. The standard InChI is InChI=1S/C21H30F3N3O2/c1-29-14-20(28)25-16-4-2-15(3-5-16)6-7-26-8-10-27(11-9-26)17-12-18(22)21(24)19(23)13-17/h12-13,15-16H,2-11,14H2,1H3,(H,25,28)/t15-,16-. The largest absolute Gasteiger partial charge is 0.375 e.